The fourth-order valence-electron chi connectivity index (χ4n) is 1.06. The molecule has 0 saturated heterocycles. The highest BCUT2D eigenvalue weighted by atomic mass is 16.6. The van der Waals surface area contributed by atoms with Crippen LogP contribution in [0, 0.1) is 10.8 Å². The molecule has 0 fully saturated rings. The van der Waals surface area contributed by atoms with Gasteiger partial charge in [0.2, 0.25) is 0 Å². The second kappa shape index (κ2) is 5.13. The first-order valence-electron chi connectivity index (χ1n) is 5.38. The first-order valence-corrected chi connectivity index (χ1v) is 5.38. The molecular weight excluding hydrogens is 176 g/mol. The molecule has 0 rings (SSSR count). The zero-order valence-corrected chi connectivity index (χ0v) is 10.5. The summed E-state index contributed by atoms with van der Waals surface area (Å²) in [4.78, 5) is 0. The van der Waals surface area contributed by atoms with Gasteiger partial charge in [0.15, 0.2) is 6.29 Å². The van der Waals surface area contributed by atoms with E-state index in [9.17, 15) is 5.11 Å². The molecule has 0 aliphatic carbocycles. The van der Waals surface area contributed by atoms with Crippen molar-refractivity contribution in [1.29, 1.82) is 0 Å². The van der Waals surface area contributed by atoms with Gasteiger partial charge in [-0.05, 0) is 17.3 Å². The van der Waals surface area contributed by atoms with Crippen LogP contribution in [0.2, 0.25) is 0 Å². The molecule has 1 atom stereocenters. The Morgan fingerprint density at radius 1 is 1.00 bits per heavy atom. The highest BCUT2D eigenvalue weighted by molar-refractivity contribution is 4.64. The fraction of sp³-hybridized carbons (Fsp3) is 1.00. The summed E-state index contributed by atoms with van der Waals surface area (Å²) in [6, 6.07) is 0. The van der Waals surface area contributed by atoms with Crippen LogP contribution in [0.15, 0.2) is 0 Å². The predicted octanol–water partition coefficient (Wildman–Crippen LogP) is 3.63. The van der Waals surface area contributed by atoms with Crippen molar-refractivity contribution in [2.24, 2.45) is 10.8 Å². The summed E-state index contributed by atoms with van der Waals surface area (Å²) < 4.78 is 5.24. The van der Waals surface area contributed by atoms with Crippen molar-refractivity contribution in [3.8, 4) is 0 Å². The Morgan fingerprint density at radius 2 is 1.50 bits per heavy atom. The molecule has 2 nitrogen and oxygen atoms in total. The van der Waals surface area contributed by atoms with Gasteiger partial charge in [0.25, 0.3) is 0 Å². The lowest BCUT2D eigenvalue weighted by Gasteiger charge is -2.23. The van der Waals surface area contributed by atoms with E-state index >= 15 is 0 Å². The zero-order valence-electron chi connectivity index (χ0n) is 10.5. The van der Waals surface area contributed by atoms with Crippen molar-refractivity contribution in [3.63, 3.8) is 0 Å². The zero-order chi connectivity index (χ0) is 11.4. The van der Waals surface area contributed by atoms with Crippen LogP contribution in [-0.2, 0) is 9.84 Å². The molecule has 0 N–H and O–H groups in total. The van der Waals surface area contributed by atoms with Gasteiger partial charge in [-0.15, -0.1) is 0 Å². The summed E-state index contributed by atoms with van der Waals surface area (Å²) in [6.45, 7) is 13.2. The van der Waals surface area contributed by atoms with Gasteiger partial charge < -0.3 is 4.74 Å². The molecular formula is C12H25O2. The van der Waals surface area contributed by atoms with E-state index in [0.29, 0.717) is 13.0 Å². The predicted molar refractivity (Wildman–Crippen MR) is 58.6 cm³/mol. The Bertz CT molecular complexity index is 151. The number of ether oxygens (including phenoxy) is 1. The molecule has 0 aromatic carbocycles. The number of hydrogen-bond acceptors (Lipinski definition) is 1. The lowest BCUT2D eigenvalue weighted by molar-refractivity contribution is -0.159. The fourth-order valence-corrected chi connectivity index (χ4v) is 1.06. The highest BCUT2D eigenvalue weighted by Crippen LogP contribution is 2.23. The maximum absolute atomic E-state index is 11.4. The highest BCUT2D eigenvalue weighted by Gasteiger charge is 2.19. The van der Waals surface area contributed by atoms with Crippen LogP contribution in [0.3, 0.4) is 0 Å². The van der Waals surface area contributed by atoms with E-state index < -0.39 is 6.29 Å². The van der Waals surface area contributed by atoms with Gasteiger partial charge in [0, 0.05) is 6.42 Å². The third-order valence-corrected chi connectivity index (χ3v) is 1.93. The molecule has 0 heterocycles. The van der Waals surface area contributed by atoms with Crippen LogP contribution in [0.1, 0.15) is 54.4 Å². The van der Waals surface area contributed by atoms with Crippen LogP contribution in [0.4, 0.5) is 0 Å². The smallest absolute Gasteiger partial charge is 0.191 e. The van der Waals surface area contributed by atoms with E-state index in [1.807, 2.05) is 0 Å². The van der Waals surface area contributed by atoms with E-state index in [-0.39, 0.29) is 10.8 Å². The van der Waals surface area contributed by atoms with E-state index in [2.05, 4.69) is 41.5 Å². The maximum atomic E-state index is 11.4. The molecule has 14 heavy (non-hydrogen) atoms. The van der Waals surface area contributed by atoms with Crippen LogP contribution in [0.5, 0.6) is 0 Å². The topological polar surface area (TPSA) is 29.1 Å². The number of hydrogen-bond donors (Lipinski definition) is 0. The Balaban J connectivity index is 3.60. The molecule has 2 heteroatoms. The molecule has 85 valence electrons. The van der Waals surface area contributed by atoms with Crippen LogP contribution < -0.4 is 0 Å². The molecule has 0 spiro atoms. The minimum Gasteiger partial charge on any atom is -0.350 e. The maximum Gasteiger partial charge on any atom is 0.191 e. The molecule has 0 bridgehead atoms. The van der Waals surface area contributed by atoms with E-state index in [4.69, 9.17) is 4.74 Å². The number of rotatable bonds is 4. The summed E-state index contributed by atoms with van der Waals surface area (Å²) in [5.74, 6) is 0. The molecule has 0 aliphatic rings. The average molecular weight is 201 g/mol. The third-order valence-electron chi connectivity index (χ3n) is 1.93. The lowest BCUT2D eigenvalue weighted by Crippen LogP contribution is -2.21. The first kappa shape index (κ1) is 13.9. The largest absolute Gasteiger partial charge is 0.350 e. The Kier molecular flexibility index (Phi) is 5.10. The van der Waals surface area contributed by atoms with E-state index in [1.165, 1.54) is 0 Å². The molecule has 0 amide bonds. The average Bonchev–Trinajstić information content (AvgIpc) is 1.78. The van der Waals surface area contributed by atoms with Gasteiger partial charge in [-0.3, -0.25) is 0 Å². The summed E-state index contributed by atoms with van der Waals surface area (Å²) >= 11 is 0. The van der Waals surface area contributed by atoms with Crippen LogP contribution in [-0.4, -0.2) is 12.9 Å². The van der Waals surface area contributed by atoms with Crippen molar-refractivity contribution < 1.29 is 9.84 Å². The van der Waals surface area contributed by atoms with Crippen molar-refractivity contribution in [2.45, 2.75) is 60.7 Å². The lowest BCUT2D eigenvalue weighted by atomic mass is 9.91. The summed E-state index contributed by atoms with van der Waals surface area (Å²) in [7, 11) is 0. The second-order valence-corrected chi connectivity index (χ2v) is 6.38. The third kappa shape index (κ3) is 10.0. The van der Waals surface area contributed by atoms with E-state index in [0.717, 1.165) is 6.42 Å². The monoisotopic (exact) mass is 201 g/mol. The van der Waals surface area contributed by atoms with Crippen molar-refractivity contribution >= 4 is 0 Å². The summed E-state index contributed by atoms with van der Waals surface area (Å²) in [6.07, 6.45) is 0.657. The van der Waals surface area contributed by atoms with Crippen molar-refractivity contribution in [2.75, 3.05) is 6.61 Å². The van der Waals surface area contributed by atoms with Crippen LogP contribution in [0.25, 0.3) is 0 Å². The van der Waals surface area contributed by atoms with Crippen molar-refractivity contribution in [1.82, 2.24) is 0 Å². The van der Waals surface area contributed by atoms with Gasteiger partial charge in [-0.25, -0.2) is 5.11 Å². The molecule has 0 aromatic heterocycles. The minimum absolute atomic E-state index is 0.0636. The van der Waals surface area contributed by atoms with Crippen LogP contribution >= 0.6 is 0 Å². The SMILES string of the molecule is CC(C)(C)CCOC([O])CC(C)(C)C. The Morgan fingerprint density at radius 3 is 1.86 bits per heavy atom. The van der Waals surface area contributed by atoms with Gasteiger partial charge in [-0.1, -0.05) is 41.5 Å². The normalized spacial score (nSPS) is 15.6. The Labute approximate surface area is 88.7 Å². The van der Waals surface area contributed by atoms with Gasteiger partial charge in [-0.2, -0.15) is 0 Å². The summed E-state index contributed by atoms with van der Waals surface area (Å²) in [5, 5.41) is 11.4. The molecule has 0 aromatic rings. The Hall–Kier alpha value is -0.0800. The van der Waals surface area contributed by atoms with E-state index in [1.54, 1.807) is 0 Å². The molecule has 0 aliphatic heterocycles. The molecule has 1 unspecified atom stereocenters. The van der Waals surface area contributed by atoms with Crippen molar-refractivity contribution in [3.05, 3.63) is 0 Å². The molecule has 1 radical (unpaired) electrons. The van der Waals surface area contributed by atoms with Gasteiger partial charge in [0.05, 0.1) is 6.61 Å². The summed E-state index contributed by atoms with van der Waals surface area (Å²) in [5.41, 5.74) is 0.315. The minimum atomic E-state index is -0.864. The molecule has 0 saturated carbocycles. The van der Waals surface area contributed by atoms with Gasteiger partial charge in [0.1, 0.15) is 0 Å². The van der Waals surface area contributed by atoms with Gasteiger partial charge >= 0.3 is 0 Å². The standard InChI is InChI=1S/C12H25O2/c1-11(2,3)7-8-14-10(13)9-12(4,5)6/h10H,7-9H2,1-6H3. The second-order valence-electron chi connectivity index (χ2n) is 6.38. The quantitative estimate of drug-likeness (QED) is 0.638. The first-order chi connectivity index (χ1) is 6.10.